The van der Waals surface area contributed by atoms with Crippen molar-refractivity contribution in [1.82, 2.24) is 0 Å². The van der Waals surface area contributed by atoms with Gasteiger partial charge in [-0.1, -0.05) is 37.3 Å². The molecule has 1 nitrogen and oxygen atoms in total. The molecule has 1 aromatic rings. The molecule has 0 aliphatic heterocycles. The molecule has 0 bridgehead atoms. The largest absolute Gasteiger partial charge is 0.393 e. The van der Waals surface area contributed by atoms with Crippen LogP contribution in [-0.2, 0) is 6.42 Å². The van der Waals surface area contributed by atoms with E-state index in [9.17, 15) is 5.11 Å². The molecule has 1 aromatic carbocycles. The summed E-state index contributed by atoms with van der Waals surface area (Å²) in [5.41, 5.74) is 4.73. The van der Waals surface area contributed by atoms with Gasteiger partial charge in [0.25, 0.3) is 0 Å². The summed E-state index contributed by atoms with van der Waals surface area (Å²) in [5, 5.41) is 10.3. The lowest BCUT2D eigenvalue weighted by Crippen LogP contribution is -2.39. The fourth-order valence-corrected chi connectivity index (χ4v) is 4.89. The summed E-state index contributed by atoms with van der Waals surface area (Å²) in [5.74, 6) is 1.38. The molecule has 1 unspecified atom stereocenters. The van der Waals surface area contributed by atoms with E-state index in [2.05, 4.69) is 37.3 Å². The standard InChI is InChI=1S/C18H22O/c1-18-11-10-14-13-5-3-2-4-12(13)6-7-15(14)16(18)8-9-17(18)19/h2-5,10,15-17,19H,6-9,11H2,1H3/t15-,16+,17?,18+/m0/s1. The van der Waals surface area contributed by atoms with E-state index in [0.29, 0.717) is 11.8 Å². The Morgan fingerprint density at radius 2 is 2.00 bits per heavy atom. The summed E-state index contributed by atoms with van der Waals surface area (Å²) in [6.07, 6.45) is 8.10. The SMILES string of the molecule is C[C@@]12CC=C3c4ccccc4CC[C@@H]3[C@H]1CCC2O. The quantitative estimate of drug-likeness (QED) is 0.746. The van der Waals surface area contributed by atoms with Crippen molar-refractivity contribution < 1.29 is 5.11 Å². The number of aliphatic hydroxyl groups excluding tert-OH is 1. The van der Waals surface area contributed by atoms with Crippen LogP contribution in [0.2, 0.25) is 0 Å². The van der Waals surface area contributed by atoms with Crippen molar-refractivity contribution >= 4 is 5.57 Å². The van der Waals surface area contributed by atoms with E-state index in [0.717, 1.165) is 12.8 Å². The van der Waals surface area contributed by atoms with Gasteiger partial charge < -0.3 is 5.11 Å². The van der Waals surface area contributed by atoms with Crippen LogP contribution in [-0.4, -0.2) is 11.2 Å². The number of aryl methyl sites for hydroxylation is 1. The minimum atomic E-state index is -0.0903. The molecule has 100 valence electrons. The van der Waals surface area contributed by atoms with Crippen molar-refractivity contribution in [2.75, 3.05) is 0 Å². The predicted molar refractivity (Wildman–Crippen MR) is 77.7 cm³/mol. The molecule has 1 fully saturated rings. The third kappa shape index (κ3) is 1.51. The van der Waals surface area contributed by atoms with Gasteiger partial charge in [-0.3, -0.25) is 0 Å². The molecular weight excluding hydrogens is 232 g/mol. The van der Waals surface area contributed by atoms with E-state index in [1.165, 1.54) is 30.4 Å². The van der Waals surface area contributed by atoms with Gasteiger partial charge in [0.1, 0.15) is 0 Å². The molecule has 0 saturated heterocycles. The number of hydrogen-bond acceptors (Lipinski definition) is 1. The van der Waals surface area contributed by atoms with Crippen LogP contribution >= 0.6 is 0 Å². The van der Waals surface area contributed by atoms with Crippen LogP contribution in [0.15, 0.2) is 30.3 Å². The van der Waals surface area contributed by atoms with Crippen LogP contribution in [0.25, 0.3) is 5.57 Å². The van der Waals surface area contributed by atoms with Gasteiger partial charge in [0.05, 0.1) is 6.10 Å². The van der Waals surface area contributed by atoms with Crippen molar-refractivity contribution in [2.45, 2.75) is 45.1 Å². The van der Waals surface area contributed by atoms with Gasteiger partial charge in [0, 0.05) is 5.41 Å². The summed E-state index contributed by atoms with van der Waals surface area (Å²) < 4.78 is 0. The Kier molecular flexibility index (Phi) is 2.44. The van der Waals surface area contributed by atoms with Gasteiger partial charge in [0.15, 0.2) is 0 Å². The molecule has 4 atom stereocenters. The lowest BCUT2D eigenvalue weighted by Gasteiger charge is -2.45. The number of benzene rings is 1. The molecule has 1 N–H and O–H groups in total. The zero-order chi connectivity index (χ0) is 13.0. The van der Waals surface area contributed by atoms with Crippen LogP contribution in [0, 0.1) is 17.3 Å². The predicted octanol–water partition coefficient (Wildman–Crippen LogP) is 3.81. The first kappa shape index (κ1) is 11.7. The minimum absolute atomic E-state index is 0.0903. The lowest BCUT2D eigenvalue weighted by atomic mass is 9.60. The van der Waals surface area contributed by atoms with Crippen molar-refractivity contribution in [1.29, 1.82) is 0 Å². The Bertz CT molecular complexity index is 544. The number of hydrogen-bond donors (Lipinski definition) is 1. The van der Waals surface area contributed by atoms with Gasteiger partial charge in [0.2, 0.25) is 0 Å². The van der Waals surface area contributed by atoms with E-state index >= 15 is 0 Å². The average molecular weight is 254 g/mol. The topological polar surface area (TPSA) is 20.2 Å². The first-order valence-electron chi connectivity index (χ1n) is 7.66. The molecular formula is C18H22O. The van der Waals surface area contributed by atoms with Crippen molar-refractivity contribution in [3.8, 4) is 0 Å². The van der Waals surface area contributed by atoms with Gasteiger partial charge >= 0.3 is 0 Å². The summed E-state index contributed by atoms with van der Waals surface area (Å²) in [6, 6.07) is 8.90. The zero-order valence-corrected chi connectivity index (χ0v) is 11.6. The lowest BCUT2D eigenvalue weighted by molar-refractivity contribution is 0.0251. The zero-order valence-electron chi connectivity index (χ0n) is 11.6. The Labute approximate surface area is 115 Å². The van der Waals surface area contributed by atoms with Crippen molar-refractivity contribution in [2.24, 2.45) is 17.3 Å². The monoisotopic (exact) mass is 254 g/mol. The average Bonchev–Trinajstić information content (AvgIpc) is 2.75. The smallest absolute Gasteiger partial charge is 0.0599 e. The molecule has 0 amide bonds. The summed E-state index contributed by atoms with van der Waals surface area (Å²) in [7, 11) is 0. The normalized spacial score (nSPS) is 40.1. The fourth-order valence-electron chi connectivity index (χ4n) is 4.89. The first-order chi connectivity index (χ1) is 9.20. The molecule has 1 saturated carbocycles. The molecule has 0 spiro atoms. The Morgan fingerprint density at radius 1 is 1.16 bits per heavy atom. The van der Waals surface area contributed by atoms with E-state index in [4.69, 9.17) is 0 Å². The summed E-state index contributed by atoms with van der Waals surface area (Å²) in [6.45, 7) is 2.31. The first-order valence-corrected chi connectivity index (χ1v) is 7.66. The molecule has 0 aromatic heterocycles. The molecule has 19 heavy (non-hydrogen) atoms. The van der Waals surface area contributed by atoms with Gasteiger partial charge in [-0.2, -0.15) is 0 Å². The maximum atomic E-state index is 10.3. The minimum Gasteiger partial charge on any atom is -0.393 e. The maximum Gasteiger partial charge on any atom is 0.0599 e. The summed E-state index contributed by atoms with van der Waals surface area (Å²) >= 11 is 0. The molecule has 0 heterocycles. The van der Waals surface area contributed by atoms with Crippen LogP contribution in [0.5, 0.6) is 0 Å². The molecule has 4 rings (SSSR count). The molecule has 3 aliphatic rings. The Balaban J connectivity index is 1.80. The highest BCUT2D eigenvalue weighted by Gasteiger charge is 2.51. The van der Waals surface area contributed by atoms with Crippen molar-refractivity contribution in [3.05, 3.63) is 41.5 Å². The maximum absolute atomic E-state index is 10.3. The number of allylic oxidation sites excluding steroid dienone is 2. The van der Waals surface area contributed by atoms with Crippen molar-refractivity contribution in [3.63, 3.8) is 0 Å². The van der Waals surface area contributed by atoms with E-state index in [1.807, 2.05) is 0 Å². The highest BCUT2D eigenvalue weighted by atomic mass is 16.3. The second kappa shape index (κ2) is 3.96. The Hall–Kier alpha value is -1.08. The van der Waals surface area contributed by atoms with Crippen LogP contribution in [0.3, 0.4) is 0 Å². The second-order valence-electron chi connectivity index (χ2n) is 6.87. The third-order valence-corrected chi connectivity index (χ3v) is 6.06. The second-order valence-corrected chi connectivity index (χ2v) is 6.87. The number of rotatable bonds is 0. The molecule has 0 radical (unpaired) electrons. The van der Waals surface area contributed by atoms with Crippen LogP contribution in [0.4, 0.5) is 0 Å². The third-order valence-electron chi connectivity index (χ3n) is 6.06. The Morgan fingerprint density at radius 3 is 2.89 bits per heavy atom. The van der Waals surface area contributed by atoms with E-state index in [-0.39, 0.29) is 11.5 Å². The van der Waals surface area contributed by atoms with Gasteiger partial charge in [-0.05, 0) is 60.6 Å². The fraction of sp³-hybridized carbons (Fsp3) is 0.556. The number of aliphatic hydroxyl groups is 1. The highest BCUT2D eigenvalue weighted by molar-refractivity contribution is 5.73. The van der Waals surface area contributed by atoms with Gasteiger partial charge in [-0.15, -0.1) is 0 Å². The number of fused-ring (bicyclic) bond motifs is 5. The molecule has 3 aliphatic carbocycles. The summed E-state index contributed by atoms with van der Waals surface area (Å²) in [4.78, 5) is 0. The molecule has 1 heteroatoms. The van der Waals surface area contributed by atoms with Crippen LogP contribution in [0.1, 0.15) is 43.7 Å². The highest BCUT2D eigenvalue weighted by Crippen LogP contribution is 2.58. The van der Waals surface area contributed by atoms with Gasteiger partial charge in [-0.25, -0.2) is 0 Å². The van der Waals surface area contributed by atoms with Crippen LogP contribution < -0.4 is 0 Å². The van der Waals surface area contributed by atoms with E-state index < -0.39 is 0 Å². The van der Waals surface area contributed by atoms with E-state index in [1.54, 1.807) is 5.57 Å².